The minimum absolute atomic E-state index is 0.118. The number of nitrogens with one attached hydrogen (secondary N) is 1. The van der Waals surface area contributed by atoms with E-state index in [1.807, 2.05) is 0 Å². The number of rotatable bonds is 6. The maximum Gasteiger partial charge on any atom is 0.341 e. The van der Waals surface area contributed by atoms with Crippen molar-refractivity contribution >= 4 is 49.7 Å². The maximum atomic E-state index is 12.4. The second-order valence-electron chi connectivity index (χ2n) is 6.83. The maximum absolute atomic E-state index is 12.4. The van der Waals surface area contributed by atoms with Crippen LogP contribution in [0.5, 0.6) is 0 Å². The van der Waals surface area contributed by atoms with Crippen LogP contribution in [0.15, 0.2) is 29.2 Å². The molecule has 0 unspecified atom stereocenters. The van der Waals surface area contributed by atoms with Crippen molar-refractivity contribution in [3.05, 3.63) is 45.3 Å². The van der Waals surface area contributed by atoms with Crippen molar-refractivity contribution in [1.29, 1.82) is 0 Å². The van der Waals surface area contributed by atoms with E-state index in [-0.39, 0.29) is 17.1 Å². The Morgan fingerprint density at radius 3 is 2.52 bits per heavy atom. The molecule has 6 nitrogen and oxygen atoms in total. The zero-order chi connectivity index (χ0) is 21.0. The number of amides is 1. The lowest BCUT2D eigenvalue weighted by Crippen LogP contribution is -2.18. The number of hydrogen-bond acceptors (Lipinski definition) is 6. The molecule has 2 aromatic rings. The monoisotopic (exact) mass is 455 g/mol. The van der Waals surface area contributed by atoms with Gasteiger partial charge in [0.2, 0.25) is 5.91 Å². The Labute approximate surface area is 179 Å². The van der Waals surface area contributed by atoms with Gasteiger partial charge in [-0.1, -0.05) is 18.0 Å². The topological polar surface area (TPSA) is 89.5 Å². The van der Waals surface area contributed by atoms with Gasteiger partial charge in [0.25, 0.3) is 0 Å². The molecule has 1 aliphatic rings. The predicted molar refractivity (Wildman–Crippen MR) is 114 cm³/mol. The molecule has 1 aliphatic carbocycles. The number of esters is 1. The van der Waals surface area contributed by atoms with E-state index in [9.17, 15) is 18.0 Å². The van der Waals surface area contributed by atoms with Crippen molar-refractivity contribution in [3.8, 4) is 0 Å². The third kappa shape index (κ3) is 5.18. The number of fused-ring (bicyclic) bond motifs is 1. The Morgan fingerprint density at radius 2 is 1.83 bits per heavy atom. The number of aryl methyl sites for hydroxylation is 1. The molecule has 1 aromatic carbocycles. The summed E-state index contributed by atoms with van der Waals surface area (Å²) in [4.78, 5) is 26.0. The van der Waals surface area contributed by atoms with E-state index in [0.717, 1.165) is 42.5 Å². The van der Waals surface area contributed by atoms with Gasteiger partial charge < -0.3 is 10.1 Å². The number of sulfone groups is 1. The van der Waals surface area contributed by atoms with Gasteiger partial charge in [-0.2, -0.15) is 0 Å². The largest absolute Gasteiger partial charge is 0.465 e. The summed E-state index contributed by atoms with van der Waals surface area (Å²) >= 11 is 7.17. The van der Waals surface area contributed by atoms with Gasteiger partial charge in [-0.25, -0.2) is 13.2 Å². The number of hydrogen-bond donors (Lipinski definition) is 1. The van der Waals surface area contributed by atoms with Gasteiger partial charge in [0.1, 0.15) is 5.00 Å². The molecular formula is C20H22ClNO5S2. The Hall–Kier alpha value is -1.90. The van der Waals surface area contributed by atoms with Gasteiger partial charge in [0.15, 0.2) is 9.84 Å². The molecule has 156 valence electrons. The smallest absolute Gasteiger partial charge is 0.341 e. The van der Waals surface area contributed by atoms with Crippen LogP contribution < -0.4 is 5.32 Å². The second kappa shape index (κ2) is 9.28. The summed E-state index contributed by atoms with van der Waals surface area (Å²) in [5.74, 6) is -1.27. The number of anilines is 1. The standard InChI is InChI=1S/C20H22ClNO5S2/c1-27-20(24)18-15-5-3-2-4-6-16(15)28-19(18)22-17(23)11-12-29(25,26)14-9-7-13(21)8-10-14/h7-10H,2-6,11-12H2,1H3,(H,22,23). The van der Waals surface area contributed by atoms with Crippen LogP contribution in [-0.2, 0) is 32.2 Å². The molecule has 0 spiro atoms. The molecule has 1 N–H and O–H groups in total. The summed E-state index contributed by atoms with van der Waals surface area (Å²) < 4.78 is 29.8. The van der Waals surface area contributed by atoms with Crippen LogP contribution in [0.2, 0.25) is 5.02 Å². The van der Waals surface area contributed by atoms with E-state index < -0.39 is 21.7 Å². The van der Waals surface area contributed by atoms with Gasteiger partial charge in [0.05, 0.1) is 23.3 Å². The first-order valence-electron chi connectivity index (χ1n) is 9.33. The third-order valence-corrected chi connectivity index (χ3v) is 8.03. The lowest BCUT2D eigenvalue weighted by molar-refractivity contribution is -0.115. The molecule has 0 bridgehead atoms. The van der Waals surface area contributed by atoms with Gasteiger partial charge in [-0.15, -0.1) is 11.3 Å². The van der Waals surface area contributed by atoms with Gasteiger partial charge in [0, 0.05) is 16.3 Å². The molecule has 9 heteroatoms. The van der Waals surface area contributed by atoms with Crippen LogP contribution in [0, 0.1) is 0 Å². The molecule has 0 atom stereocenters. The van der Waals surface area contributed by atoms with Crippen LogP contribution in [0.25, 0.3) is 0 Å². The zero-order valence-corrected chi connectivity index (χ0v) is 18.4. The van der Waals surface area contributed by atoms with Crippen LogP contribution in [0.4, 0.5) is 5.00 Å². The highest BCUT2D eigenvalue weighted by atomic mass is 35.5. The number of benzene rings is 1. The average molecular weight is 456 g/mol. The predicted octanol–water partition coefficient (Wildman–Crippen LogP) is 4.26. The van der Waals surface area contributed by atoms with Crippen molar-refractivity contribution in [3.63, 3.8) is 0 Å². The lowest BCUT2D eigenvalue weighted by Gasteiger charge is -2.08. The molecule has 1 aromatic heterocycles. The molecule has 0 aliphatic heterocycles. The third-order valence-electron chi connectivity index (χ3n) is 4.83. The first kappa shape index (κ1) is 21.8. The van der Waals surface area contributed by atoms with Crippen LogP contribution in [0.1, 0.15) is 46.5 Å². The fourth-order valence-corrected chi connectivity index (χ4v) is 5.98. The Bertz CT molecular complexity index is 1010. The normalized spacial score (nSPS) is 14.0. The highest BCUT2D eigenvalue weighted by Gasteiger charge is 2.26. The summed E-state index contributed by atoms with van der Waals surface area (Å²) in [6.45, 7) is 0. The van der Waals surface area contributed by atoms with E-state index >= 15 is 0 Å². The number of carbonyl (C=O) groups excluding carboxylic acids is 2. The molecule has 1 heterocycles. The number of thiophene rings is 1. The average Bonchev–Trinajstić information content (AvgIpc) is 2.86. The van der Waals surface area contributed by atoms with E-state index in [4.69, 9.17) is 16.3 Å². The number of halogens is 1. The molecule has 1 amide bonds. The van der Waals surface area contributed by atoms with Crippen molar-refractivity contribution < 1.29 is 22.7 Å². The molecule has 0 radical (unpaired) electrons. The van der Waals surface area contributed by atoms with E-state index in [1.165, 1.54) is 42.7 Å². The minimum atomic E-state index is -3.61. The van der Waals surface area contributed by atoms with Crippen LogP contribution in [-0.4, -0.2) is 33.2 Å². The second-order valence-corrected chi connectivity index (χ2v) is 10.5. The lowest BCUT2D eigenvalue weighted by atomic mass is 10.1. The molecule has 29 heavy (non-hydrogen) atoms. The molecule has 3 rings (SSSR count). The van der Waals surface area contributed by atoms with Crippen LogP contribution >= 0.6 is 22.9 Å². The van der Waals surface area contributed by atoms with Crippen molar-refractivity contribution in [2.24, 2.45) is 0 Å². The Morgan fingerprint density at radius 1 is 1.14 bits per heavy atom. The summed E-state index contributed by atoms with van der Waals surface area (Å²) in [6, 6.07) is 5.83. The first-order valence-corrected chi connectivity index (χ1v) is 12.2. The molecule has 0 saturated heterocycles. The summed E-state index contributed by atoms with van der Waals surface area (Å²) in [6.07, 6.45) is 4.56. The fourth-order valence-electron chi connectivity index (χ4n) is 3.32. The zero-order valence-electron chi connectivity index (χ0n) is 16.0. The van der Waals surface area contributed by atoms with Crippen molar-refractivity contribution in [2.75, 3.05) is 18.2 Å². The summed E-state index contributed by atoms with van der Waals surface area (Å²) in [7, 11) is -2.30. The number of ether oxygens (including phenoxy) is 1. The van der Waals surface area contributed by atoms with Crippen LogP contribution in [0.3, 0.4) is 0 Å². The number of methoxy groups -OCH3 is 1. The summed E-state index contributed by atoms with van der Waals surface area (Å²) in [5.41, 5.74) is 1.35. The number of carbonyl (C=O) groups is 2. The SMILES string of the molecule is COC(=O)c1c(NC(=O)CCS(=O)(=O)c2ccc(Cl)cc2)sc2c1CCCCC2. The summed E-state index contributed by atoms with van der Waals surface area (Å²) in [5, 5.41) is 3.61. The van der Waals surface area contributed by atoms with E-state index in [1.54, 1.807) is 0 Å². The van der Waals surface area contributed by atoms with E-state index in [2.05, 4.69) is 5.32 Å². The molecular weight excluding hydrogens is 434 g/mol. The van der Waals surface area contributed by atoms with Gasteiger partial charge in [-0.3, -0.25) is 4.79 Å². The Balaban J connectivity index is 1.73. The van der Waals surface area contributed by atoms with Gasteiger partial charge in [-0.05, 0) is 55.5 Å². The van der Waals surface area contributed by atoms with Gasteiger partial charge >= 0.3 is 5.97 Å². The highest BCUT2D eigenvalue weighted by Crippen LogP contribution is 2.38. The Kier molecular flexibility index (Phi) is 6.97. The minimum Gasteiger partial charge on any atom is -0.465 e. The molecule has 0 fully saturated rings. The first-order chi connectivity index (χ1) is 13.8. The highest BCUT2D eigenvalue weighted by molar-refractivity contribution is 7.91. The quantitative estimate of drug-likeness (QED) is 0.519. The van der Waals surface area contributed by atoms with Crippen molar-refractivity contribution in [2.45, 2.75) is 43.4 Å². The fraction of sp³-hybridized carbons (Fsp3) is 0.400. The molecule has 0 saturated carbocycles. The van der Waals surface area contributed by atoms with E-state index in [0.29, 0.717) is 15.6 Å². The van der Waals surface area contributed by atoms with Crippen molar-refractivity contribution in [1.82, 2.24) is 0 Å².